The Morgan fingerprint density at radius 2 is 1.95 bits per heavy atom. The molecule has 1 aromatic carbocycles. The summed E-state index contributed by atoms with van der Waals surface area (Å²) in [5.41, 5.74) is 0.984. The molecular formula is C15H14N2O3. The highest BCUT2D eigenvalue weighted by atomic mass is 16.5. The van der Waals surface area contributed by atoms with Crippen LogP contribution in [0.1, 0.15) is 11.1 Å². The van der Waals surface area contributed by atoms with Crippen LogP contribution in [0.15, 0.2) is 35.3 Å². The van der Waals surface area contributed by atoms with Gasteiger partial charge in [-0.2, -0.15) is 5.26 Å². The summed E-state index contributed by atoms with van der Waals surface area (Å²) in [6, 6.07) is 8.80. The molecule has 0 bridgehead atoms. The Morgan fingerprint density at radius 3 is 2.55 bits per heavy atom. The lowest BCUT2D eigenvalue weighted by Gasteiger charge is -2.13. The second kappa shape index (κ2) is 5.49. The number of hydrogen-bond acceptors (Lipinski definition) is 4. The van der Waals surface area contributed by atoms with Gasteiger partial charge in [0.15, 0.2) is 0 Å². The number of rotatable bonds is 3. The van der Waals surface area contributed by atoms with Gasteiger partial charge in [-0.05, 0) is 30.7 Å². The minimum Gasteiger partial charge on any atom is -0.497 e. The predicted octanol–water partition coefficient (Wildman–Crippen LogP) is 2.03. The summed E-state index contributed by atoms with van der Waals surface area (Å²) in [6.07, 6.45) is 1.63. The molecule has 2 aromatic rings. The number of methoxy groups -OCH3 is 2. The third kappa shape index (κ3) is 2.24. The Bertz CT molecular complexity index is 742. The van der Waals surface area contributed by atoms with Crippen LogP contribution in [0.5, 0.6) is 11.5 Å². The number of benzene rings is 1. The van der Waals surface area contributed by atoms with Crippen molar-refractivity contribution >= 4 is 0 Å². The van der Waals surface area contributed by atoms with Crippen LogP contribution in [0.3, 0.4) is 0 Å². The molecule has 1 heterocycles. The van der Waals surface area contributed by atoms with Gasteiger partial charge in [0, 0.05) is 12.3 Å². The summed E-state index contributed by atoms with van der Waals surface area (Å²) in [4.78, 5) is 12.3. The van der Waals surface area contributed by atoms with Crippen molar-refractivity contribution in [1.29, 1.82) is 5.26 Å². The molecule has 0 amide bonds. The molecule has 0 fully saturated rings. The normalized spacial score (nSPS) is 9.90. The first-order valence-corrected chi connectivity index (χ1v) is 5.97. The second-order valence-corrected chi connectivity index (χ2v) is 4.20. The maximum absolute atomic E-state index is 12.3. The van der Waals surface area contributed by atoms with Gasteiger partial charge >= 0.3 is 0 Å². The van der Waals surface area contributed by atoms with Gasteiger partial charge in [0.1, 0.15) is 23.1 Å². The van der Waals surface area contributed by atoms with E-state index in [1.54, 1.807) is 44.5 Å². The van der Waals surface area contributed by atoms with Crippen LogP contribution >= 0.6 is 0 Å². The lowest BCUT2D eigenvalue weighted by atomic mass is 10.1. The van der Waals surface area contributed by atoms with Gasteiger partial charge < -0.3 is 9.47 Å². The first-order valence-electron chi connectivity index (χ1n) is 5.97. The zero-order chi connectivity index (χ0) is 14.7. The maximum atomic E-state index is 12.3. The smallest absolute Gasteiger partial charge is 0.273 e. The van der Waals surface area contributed by atoms with E-state index >= 15 is 0 Å². The van der Waals surface area contributed by atoms with Crippen molar-refractivity contribution in [2.24, 2.45) is 0 Å². The van der Waals surface area contributed by atoms with Crippen LogP contribution in [0.2, 0.25) is 0 Å². The molecule has 5 nitrogen and oxygen atoms in total. The number of ether oxygens (including phenoxy) is 2. The summed E-state index contributed by atoms with van der Waals surface area (Å²) >= 11 is 0. The van der Waals surface area contributed by atoms with Crippen molar-refractivity contribution in [3.05, 3.63) is 51.9 Å². The van der Waals surface area contributed by atoms with Crippen molar-refractivity contribution in [3.8, 4) is 23.3 Å². The molecule has 102 valence electrons. The number of nitrogens with zero attached hydrogens (tertiary/aromatic N) is 2. The minimum absolute atomic E-state index is 0.130. The molecule has 0 aliphatic carbocycles. The highest BCUT2D eigenvalue weighted by molar-refractivity contribution is 5.52. The molecule has 0 spiro atoms. The molecule has 0 aliphatic rings. The van der Waals surface area contributed by atoms with E-state index < -0.39 is 0 Å². The van der Waals surface area contributed by atoms with Gasteiger partial charge in [-0.25, -0.2) is 0 Å². The van der Waals surface area contributed by atoms with Crippen molar-refractivity contribution in [2.75, 3.05) is 14.2 Å². The molecule has 0 aliphatic heterocycles. The fourth-order valence-electron chi connectivity index (χ4n) is 1.94. The number of hydrogen-bond donors (Lipinski definition) is 0. The third-order valence-electron chi connectivity index (χ3n) is 3.06. The van der Waals surface area contributed by atoms with Crippen molar-refractivity contribution < 1.29 is 9.47 Å². The van der Waals surface area contributed by atoms with Crippen molar-refractivity contribution in [3.63, 3.8) is 0 Å². The largest absolute Gasteiger partial charge is 0.497 e. The Morgan fingerprint density at radius 1 is 1.20 bits per heavy atom. The zero-order valence-corrected chi connectivity index (χ0v) is 11.5. The van der Waals surface area contributed by atoms with Crippen LogP contribution in [0.4, 0.5) is 0 Å². The monoisotopic (exact) mass is 270 g/mol. The molecule has 0 saturated heterocycles. The van der Waals surface area contributed by atoms with E-state index in [1.807, 2.05) is 6.07 Å². The summed E-state index contributed by atoms with van der Waals surface area (Å²) in [7, 11) is 3.07. The van der Waals surface area contributed by atoms with Gasteiger partial charge in [-0.3, -0.25) is 9.36 Å². The van der Waals surface area contributed by atoms with Crippen LogP contribution in [-0.4, -0.2) is 18.8 Å². The summed E-state index contributed by atoms with van der Waals surface area (Å²) in [6.45, 7) is 1.73. The van der Waals surface area contributed by atoms with E-state index in [-0.39, 0.29) is 11.1 Å². The first-order chi connectivity index (χ1) is 9.62. The van der Waals surface area contributed by atoms with Gasteiger partial charge in [0.05, 0.1) is 19.9 Å². The maximum Gasteiger partial charge on any atom is 0.273 e. The van der Waals surface area contributed by atoms with E-state index in [4.69, 9.17) is 14.7 Å². The van der Waals surface area contributed by atoms with Crippen LogP contribution in [0, 0.1) is 18.3 Å². The average Bonchev–Trinajstić information content (AvgIpc) is 2.47. The number of nitriles is 1. The highest BCUT2D eigenvalue weighted by Crippen LogP contribution is 2.27. The molecule has 0 atom stereocenters. The molecule has 0 N–H and O–H groups in total. The molecule has 0 radical (unpaired) electrons. The SMILES string of the molecule is COc1ccc(-n2ccc(C)c(C#N)c2=O)c(OC)c1. The summed E-state index contributed by atoms with van der Waals surface area (Å²) < 4.78 is 11.8. The molecular weight excluding hydrogens is 256 g/mol. The Hall–Kier alpha value is -2.74. The number of pyridine rings is 1. The fourth-order valence-corrected chi connectivity index (χ4v) is 1.94. The van der Waals surface area contributed by atoms with Gasteiger partial charge in [-0.1, -0.05) is 0 Å². The quantitative estimate of drug-likeness (QED) is 0.856. The summed E-state index contributed by atoms with van der Waals surface area (Å²) in [5.74, 6) is 1.13. The molecule has 20 heavy (non-hydrogen) atoms. The van der Waals surface area contributed by atoms with Crippen LogP contribution in [-0.2, 0) is 0 Å². The zero-order valence-electron chi connectivity index (χ0n) is 11.5. The number of aromatic nitrogens is 1. The molecule has 1 aromatic heterocycles. The van der Waals surface area contributed by atoms with E-state index in [1.165, 1.54) is 11.7 Å². The molecule has 0 unspecified atom stereocenters. The predicted molar refractivity (Wildman–Crippen MR) is 74.6 cm³/mol. The Kier molecular flexibility index (Phi) is 3.76. The lowest BCUT2D eigenvalue weighted by molar-refractivity contribution is 0.393. The van der Waals surface area contributed by atoms with Gasteiger partial charge in [0.25, 0.3) is 5.56 Å². The number of aryl methyl sites for hydroxylation is 1. The van der Waals surface area contributed by atoms with E-state index in [2.05, 4.69) is 0 Å². The second-order valence-electron chi connectivity index (χ2n) is 4.20. The Labute approximate surface area is 116 Å². The van der Waals surface area contributed by atoms with E-state index in [0.29, 0.717) is 22.7 Å². The van der Waals surface area contributed by atoms with Crippen molar-refractivity contribution in [2.45, 2.75) is 6.92 Å². The highest BCUT2D eigenvalue weighted by Gasteiger charge is 2.12. The third-order valence-corrected chi connectivity index (χ3v) is 3.06. The van der Waals surface area contributed by atoms with Crippen LogP contribution in [0.25, 0.3) is 5.69 Å². The molecule has 5 heteroatoms. The summed E-state index contributed by atoms with van der Waals surface area (Å²) in [5, 5.41) is 9.06. The molecule has 0 saturated carbocycles. The molecule has 2 rings (SSSR count). The van der Waals surface area contributed by atoms with E-state index in [9.17, 15) is 4.79 Å². The first kappa shape index (κ1) is 13.7. The fraction of sp³-hybridized carbons (Fsp3) is 0.200. The van der Waals surface area contributed by atoms with E-state index in [0.717, 1.165) is 0 Å². The standard InChI is InChI=1S/C15H14N2O3/c1-10-6-7-17(15(18)12(10)9-16)13-5-4-11(19-2)8-14(13)20-3/h4-8H,1-3H3. The van der Waals surface area contributed by atoms with Gasteiger partial charge in [-0.15, -0.1) is 0 Å². The Balaban J connectivity index is 2.70. The lowest BCUT2D eigenvalue weighted by Crippen LogP contribution is -2.21. The topological polar surface area (TPSA) is 64.2 Å². The minimum atomic E-state index is -0.365. The van der Waals surface area contributed by atoms with Gasteiger partial charge in [0.2, 0.25) is 0 Å². The van der Waals surface area contributed by atoms with Crippen LogP contribution < -0.4 is 15.0 Å². The van der Waals surface area contributed by atoms with Crippen molar-refractivity contribution in [1.82, 2.24) is 4.57 Å². The average molecular weight is 270 g/mol.